The molecule has 1 rings (SSSR count). The standard InChI is InChI=1S/C9H16N2O3/c1-11-6-7(5-10-11)4-8(12)9(13-2)14-3/h5-6,8-9,12H,4H2,1-3H3. The zero-order chi connectivity index (χ0) is 10.6. The summed E-state index contributed by atoms with van der Waals surface area (Å²) in [6.45, 7) is 0. The van der Waals surface area contributed by atoms with Gasteiger partial charge < -0.3 is 14.6 Å². The van der Waals surface area contributed by atoms with Gasteiger partial charge in [0.1, 0.15) is 6.10 Å². The number of nitrogens with zero attached hydrogens (tertiary/aromatic N) is 2. The van der Waals surface area contributed by atoms with Gasteiger partial charge in [0.2, 0.25) is 0 Å². The van der Waals surface area contributed by atoms with Crippen LogP contribution in [0.15, 0.2) is 12.4 Å². The number of rotatable bonds is 5. The lowest BCUT2D eigenvalue weighted by molar-refractivity contribution is -0.163. The van der Waals surface area contributed by atoms with Crippen LogP contribution in [0.2, 0.25) is 0 Å². The Morgan fingerprint density at radius 2 is 2.14 bits per heavy atom. The average Bonchev–Trinajstić information content (AvgIpc) is 2.53. The maximum absolute atomic E-state index is 9.68. The Bertz CT molecular complexity index is 271. The molecule has 0 aliphatic rings. The van der Waals surface area contributed by atoms with Crippen molar-refractivity contribution in [2.24, 2.45) is 7.05 Å². The lowest BCUT2D eigenvalue weighted by Gasteiger charge is -2.19. The van der Waals surface area contributed by atoms with Gasteiger partial charge >= 0.3 is 0 Å². The van der Waals surface area contributed by atoms with E-state index >= 15 is 0 Å². The quantitative estimate of drug-likeness (QED) is 0.677. The van der Waals surface area contributed by atoms with Crippen LogP contribution < -0.4 is 0 Å². The molecule has 0 radical (unpaired) electrons. The van der Waals surface area contributed by atoms with E-state index in [4.69, 9.17) is 9.47 Å². The molecule has 1 N–H and O–H groups in total. The Labute approximate surface area is 83.2 Å². The van der Waals surface area contributed by atoms with Gasteiger partial charge in [-0.05, 0) is 5.56 Å². The molecule has 1 unspecified atom stereocenters. The average molecular weight is 200 g/mol. The first-order valence-corrected chi connectivity index (χ1v) is 4.38. The minimum atomic E-state index is -0.672. The summed E-state index contributed by atoms with van der Waals surface area (Å²) in [4.78, 5) is 0. The molecular weight excluding hydrogens is 184 g/mol. The summed E-state index contributed by atoms with van der Waals surface area (Å²) in [5.74, 6) is 0. The molecule has 0 spiro atoms. The third kappa shape index (κ3) is 2.80. The Balaban J connectivity index is 2.51. The highest BCUT2D eigenvalue weighted by Crippen LogP contribution is 2.07. The third-order valence-corrected chi connectivity index (χ3v) is 1.98. The van der Waals surface area contributed by atoms with Gasteiger partial charge in [-0.2, -0.15) is 5.10 Å². The van der Waals surface area contributed by atoms with E-state index < -0.39 is 12.4 Å². The SMILES string of the molecule is COC(OC)C(O)Cc1cnn(C)c1. The van der Waals surface area contributed by atoms with Gasteiger partial charge in [-0.3, -0.25) is 4.68 Å². The molecule has 1 atom stereocenters. The monoisotopic (exact) mass is 200 g/mol. The summed E-state index contributed by atoms with van der Waals surface area (Å²) in [5.41, 5.74) is 0.958. The third-order valence-electron chi connectivity index (χ3n) is 1.98. The van der Waals surface area contributed by atoms with Crippen molar-refractivity contribution < 1.29 is 14.6 Å². The van der Waals surface area contributed by atoms with Gasteiger partial charge in [-0.25, -0.2) is 0 Å². The van der Waals surface area contributed by atoms with E-state index in [0.29, 0.717) is 6.42 Å². The highest BCUT2D eigenvalue weighted by Gasteiger charge is 2.18. The number of ether oxygens (including phenoxy) is 2. The van der Waals surface area contributed by atoms with Gasteiger partial charge in [0, 0.05) is 33.9 Å². The van der Waals surface area contributed by atoms with Gasteiger partial charge in [-0.15, -0.1) is 0 Å². The molecule has 80 valence electrons. The Hall–Kier alpha value is -0.910. The molecule has 0 aliphatic carbocycles. The van der Waals surface area contributed by atoms with Gasteiger partial charge in [0.15, 0.2) is 6.29 Å². The van der Waals surface area contributed by atoms with Gasteiger partial charge in [0.25, 0.3) is 0 Å². The predicted molar refractivity (Wildman–Crippen MR) is 50.7 cm³/mol. The van der Waals surface area contributed by atoms with Crippen molar-refractivity contribution in [3.05, 3.63) is 18.0 Å². The van der Waals surface area contributed by atoms with Crippen LogP contribution in [0.4, 0.5) is 0 Å². The Kier molecular flexibility index (Phi) is 4.06. The first-order chi connectivity index (χ1) is 6.67. The fourth-order valence-corrected chi connectivity index (χ4v) is 1.33. The lowest BCUT2D eigenvalue weighted by atomic mass is 10.1. The molecule has 0 saturated heterocycles. The minimum absolute atomic E-state index is 0.472. The topological polar surface area (TPSA) is 56.5 Å². The fraction of sp³-hybridized carbons (Fsp3) is 0.667. The van der Waals surface area contributed by atoms with Crippen molar-refractivity contribution >= 4 is 0 Å². The number of aliphatic hydroxyl groups excluding tert-OH is 1. The Morgan fingerprint density at radius 3 is 2.57 bits per heavy atom. The largest absolute Gasteiger partial charge is 0.387 e. The minimum Gasteiger partial charge on any atom is -0.387 e. The molecule has 1 aromatic rings. The van der Waals surface area contributed by atoms with Crippen molar-refractivity contribution in [2.45, 2.75) is 18.8 Å². The second kappa shape index (κ2) is 5.09. The van der Waals surface area contributed by atoms with E-state index in [1.54, 1.807) is 10.9 Å². The molecule has 0 amide bonds. The van der Waals surface area contributed by atoms with Crippen LogP contribution in [0, 0.1) is 0 Å². The molecule has 14 heavy (non-hydrogen) atoms. The molecular formula is C9H16N2O3. The maximum Gasteiger partial charge on any atom is 0.183 e. The van der Waals surface area contributed by atoms with Crippen LogP contribution in [-0.2, 0) is 22.9 Å². The van der Waals surface area contributed by atoms with Crippen LogP contribution in [0.25, 0.3) is 0 Å². The van der Waals surface area contributed by atoms with Crippen LogP contribution >= 0.6 is 0 Å². The fourth-order valence-electron chi connectivity index (χ4n) is 1.33. The molecule has 0 aromatic carbocycles. The van der Waals surface area contributed by atoms with E-state index in [1.807, 2.05) is 13.2 Å². The van der Waals surface area contributed by atoms with Gasteiger partial charge in [0.05, 0.1) is 6.20 Å². The summed E-state index contributed by atoms with van der Waals surface area (Å²) in [6, 6.07) is 0. The smallest absolute Gasteiger partial charge is 0.183 e. The molecule has 0 fully saturated rings. The first kappa shape index (κ1) is 11.2. The van der Waals surface area contributed by atoms with E-state index in [1.165, 1.54) is 14.2 Å². The normalized spacial score (nSPS) is 13.5. The molecule has 0 saturated carbocycles. The molecule has 5 heteroatoms. The number of aryl methyl sites for hydroxylation is 1. The molecule has 0 bridgehead atoms. The number of methoxy groups -OCH3 is 2. The van der Waals surface area contributed by atoms with Crippen LogP contribution in [0.5, 0.6) is 0 Å². The van der Waals surface area contributed by atoms with Crippen LogP contribution in [-0.4, -0.2) is 41.5 Å². The second-order valence-electron chi connectivity index (χ2n) is 3.13. The van der Waals surface area contributed by atoms with Crippen LogP contribution in [0.3, 0.4) is 0 Å². The van der Waals surface area contributed by atoms with E-state index in [-0.39, 0.29) is 0 Å². The molecule has 0 aliphatic heterocycles. The second-order valence-corrected chi connectivity index (χ2v) is 3.13. The highest BCUT2D eigenvalue weighted by atomic mass is 16.7. The first-order valence-electron chi connectivity index (χ1n) is 4.38. The van der Waals surface area contributed by atoms with Crippen molar-refractivity contribution in [1.29, 1.82) is 0 Å². The van der Waals surface area contributed by atoms with Crippen molar-refractivity contribution in [1.82, 2.24) is 9.78 Å². The summed E-state index contributed by atoms with van der Waals surface area (Å²) in [5, 5.41) is 13.7. The highest BCUT2D eigenvalue weighted by molar-refractivity contribution is 5.05. The number of aliphatic hydroxyl groups is 1. The summed E-state index contributed by atoms with van der Waals surface area (Å²) < 4.78 is 11.6. The van der Waals surface area contributed by atoms with Crippen molar-refractivity contribution in [3.63, 3.8) is 0 Å². The lowest BCUT2D eigenvalue weighted by Crippen LogP contribution is -2.31. The van der Waals surface area contributed by atoms with E-state index in [9.17, 15) is 5.11 Å². The zero-order valence-electron chi connectivity index (χ0n) is 8.67. The number of aromatic nitrogens is 2. The maximum atomic E-state index is 9.68. The van der Waals surface area contributed by atoms with E-state index in [2.05, 4.69) is 5.10 Å². The molecule has 5 nitrogen and oxygen atoms in total. The number of hydrogen-bond donors (Lipinski definition) is 1. The van der Waals surface area contributed by atoms with Crippen LogP contribution in [0.1, 0.15) is 5.56 Å². The van der Waals surface area contributed by atoms with Crippen molar-refractivity contribution in [2.75, 3.05) is 14.2 Å². The Morgan fingerprint density at radius 1 is 1.50 bits per heavy atom. The van der Waals surface area contributed by atoms with E-state index in [0.717, 1.165) is 5.56 Å². The molecule has 1 aromatic heterocycles. The zero-order valence-corrected chi connectivity index (χ0v) is 8.67. The number of hydrogen-bond acceptors (Lipinski definition) is 4. The summed E-state index contributed by atoms with van der Waals surface area (Å²) in [6.07, 6.45) is 2.78. The summed E-state index contributed by atoms with van der Waals surface area (Å²) in [7, 11) is 4.83. The van der Waals surface area contributed by atoms with Crippen molar-refractivity contribution in [3.8, 4) is 0 Å². The predicted octanol–water partition coefficient (Wildman–Crippen LogP) is -0.0576. The van der Waals surface area contributed by atoms with Gasteiger partial charge in [-0.1, -0.05) is 0 Å². The molecule has 1 heterocycles. The summed E-state index contributed by atoms with van der Waals surface area (Å²) >= 11 is 0.